The highest BCUT2D eigenvalue weighted by Gasteiger charge is 2.17. The lowest BCUT2D eigenvalue weighted by Crippen LogP contribution is -2.28. The monoisotopic (exact) mass is 278 g/mol. The van der Waals surface area contributed by atoms with Gasteiger partial charge in [0.15, 0.2) is 5.82 Å². The molecule has 2 N–H and O–H groups in total. The molecule has 2 heterocycles. The van der Waals surface area contributed by atoms with Crippen molar-refractivity contribution in [3.05, 3.63) is 35.9 Å². The number of halogens is 2. The Kier molecular flexibility index (Phi) is 3.64. The minimum absolute atomic E-state index is 0.0563. The lowest BCUT2D eigenvalue weighted by atomic mass is 10.1. The van der Waals surface area contributed by atoms with Crippen LogP contribution in [0, 0.1) is 11.6 Å². The summed E-state index contributed by atoms with van der Waals surface area (Å²) in [6, 6.07) is 5.54. The molecule has 1 saturated heterocycles. The molecular formula is C14H16F2N4. The molecule has 0 amide bonds. The predicted molar refractivity (Wildman–Crippen MR) is 73.6 cm³/mol. The van der Waals surface area contributed by atoms with Gasteiger partial charge in [0.1, 0.15) is 11.6 Å². The fraction of sp³-hybridized carbons (Fsp3) is 0.357. The maximum Gasteiger partial charge on any atom is 0.151 e. The lowest BCUT2D eigenvalue weighted by molar-refractivity contribution is 0.588. The van der Waals surface area contributed by atoms with Gasteiger partial charge in [-0.25, -0.2) is 8.78 Å². The average Bonchev–Trinajstić information content (AvgIpc) is 2.74. The van der Waals surface area contributed by atoms with Crippen LogP contribution in [-0.4, -0.2) is 36.4 Å². The van der Waals surface area contributed by atoms with E-state index >= 15 is 0 Å². The van der Waals surface area contributed by atoms with Gasteiger partial charge in [0.05, 0.1) is 11.3 Å². The molecule has 1 fully saturated rings. The number of aromatic amines is 1. The van der Waals surface area contributed by atoms with E-state index in [0.717, 1.165) is 38.4 Å². The van der Waals surface area contributed by atoms with E-state index in [1.807, 2.05) is 0 Å². The summed E-state index contributed by atoms with van der Waals surface area (Å²) in [6.07, 6.45) is 1.02. The molecule has 1 aliphatic heterocycles. The zero-order valence-corrected chi connectivity index (χ0v) is 11.0. The first kappa shape index (κ1) is 13.1. The molecule has 6 heteroatoms. The maximum atomic E-state index is 13.7. The van der Waals surface area contributed by atoms with E-state index in [2.05, 4.69) is 20.4 Å². The van der Waals surface area contributed by atoms with Crippen LogP contribution < -0.4 is 10.2 Å². The predicted octanol–water partition coefficient (Wildman–Crippen LogP) is 2.15. The molecular weight excluding hydrogens is 262 g/mol. The van der Waals surface area contributed by atoms with Gasteiger partial charge in [-0.1, -0.05) is 6.07 Å². The van der Waals surface area contributed by atoms with Gasteiger partial charge in [-0.3, -0.25) is 5.10 Å². The average molecular weight is 278 g/mol. The Morgan fingerprint density at radius 3 is 2.70 bits per heavy atom. The third-order valence-corrected chi connectivity index (χ3v) is 3.46. The van der Waals surface area contributed by atoms with E-state index in [1.54, 1.807) is 6.07 Å². The Labute approximate surface area is 115 Å². The number of nitrogens with zero attached hydrogens (tertiary/aromatic N) is 2. The van der Waals surface area contributed by atoms with E-state index in [0.29, 0.717) is 5.69 Å². The van der Waals surface area contributed by atoms with Crippen molar-refractivity contribution < 1.29 is 8.78 Å². The molecule has 1 aliphatic rings. The van der Waals surface area contributed by atoms with Crippen molar-refractivity contribution in [3.8, 4) is 11.3 Å². The number of aromatic nitrogens is 2. The van der Waals surface area contributed by atoms with Crippen molar-refractivity contribution in [1.82, 2.24) is 15.5 Å². The molecule has 0 spiro atoms. The van der Waals surface area contributed by atoms with Gasteiger partial charge in [0, 0.05) is 25.7 Å². The second-order valence-electron chi connectivity index (χ2n) is 4.83. The molecule has 3 rings (SSSR count). The summed E-state index contributed by atoms with van der Waals surface area (Å²) in [7, 11) is 0. The van der Waals surface area contributed by atoms with Crippen LogP contribution in [0.2, 0.25) is 0 Å². The Morgan fingerprint density at radius 2 is 1.90 bits per heavy atom. The lowest BCUT2D eigenvalue weighted by Gasteiger charge is -2.18. The number of H-pyrrole nitrogens is 1. The van der Waals surface area contributed by atoms with Gasteiger partial charge < -0.3 is 10.2 Å². The number of hydrogen-bond donors (Lipinski definition) is 2. The summed E-state index contributed by atoms with van der Waals surface area (Å²) in [4.78, 5) is 2.11. The molecule has 0 radical (unpaired) electrons. The summed E-state index contributed by atoms with van der Waals surface area (Å²) in [5.74, 6) is -0.443. The first-order valence-electron chi connectivity index (χ1n) is 6.71. The molecule has 106 valence electrons. The topological polar surface area (TPSA) is 44.0 Å². The van der Waals surface area contributed by atoms with Gasteiger partial charge in [-0.05, 0) is 25.1 Å². The number of rotatable bonds is 2. The number of nitrogens with one attached hydrogen (secondary N) is 2. The van der Waals surface area contributed by atoms with Crippen LogP contribution >= 0.6 is 0 Å². The fourth-order valence-corrected chi connectivity index (χ4v) is 2.43. The van der Waals surface area contributed by atoms with Crippen LogP contribution in [-0.2, 0) is 0 Å². The summed E-state index contributed by atoms with van der Waals surface area (Å²) in [5.41, 5.74) is 0.312. The van der Waals surface area contributed by atoms with Gasteiger partial charge in [-0.15, -0.1) is 0 Å². The van der Waals surface area contributed by atoms with E-state index in [4.69, 9.17) is 0 Å². The quantitative estimate of drug-likeness (QED) is 0.884. The van der Waals surface area contributed by atoms with Crippen LogP contribution in [0.5, 0.6) is 0 Å². The molecule has 0 bridgehead atoms. The normalized spacial score (nSPS) is 16.2. The van der Waals surface area contributed by atoms with Crippen molar-refractivity contribution >= 4 is 5.82 Å². The van der Waals surface area contributed by atoms with E-state index in [-0.39, 0.29) is 5.56 Å². The van der Waals surface area contributed by atoms with Crippen LogP contribution in [0.15, 0.2) is 24.3 Å². The largest absolute Gasteiger partial charge is 0.354 e. The van der Waals surface area contributed by atoms with E-state index in [1.165, 1.54) is 18.2 Å². The van der Waals surface area contributed by atoms with E-state index in [9.17, 15) is 8.78 Å². The third-order valence-electron chi connectivity index (χ3n) is 3.46. The summed E-state index contributed by atoms with van der Waals surface area (Å²) < 4.78 is 27.5. The number of benzene rings is 1. The summed E-state index contributed by atoms with van der Waals surface area (Å²) in [5, 5.41) is 10.2. The third kappa shape index (κ3) is 2.51. The molecule has 20 heavy (non-hydrogen) atoms. The molecule has 2 aromatic rings. The summed E-state index contributed by atoms with van der Waals surface area (Å²) >= 11 is 0. The van der Waals surface area contributed by atoms with Gasteiger partial charge in [-0.2, -0.15) is 5.10 Å². The zero-order chi connectivity index (χ0) is 13.9. The smallest absolute Gasteiger partial charge is 0.151 e. The molecule has 4 nitrogen and oxygen atoms in total. The van der Waals surface area contributed by atoms with Gasteiger partial charge in [0.25, 0.3) is 0 Å². The standard InChI is InChI=1S/C14H16F2N4/c15-10-3-1-4-11(16)14(10)12-9-13(19-18-12)20-7-2-5-17-6-8-20/h1,3-4,9,17H,2,5-8H2,(H,18,19). The Hall–Kier alpha value is -1.95. The van der Waals surface area contributed by atoms with Crippen molar-refractivity contribution in [3.63, 3.8) is 0 Å². The second kappa shape index (κ2) is 5.58. The molecule has 0 aliphatic carbocycles. The SMILES string of the molecule is Fc1cccc(F)c1-c1cc(N2CCCNCC2)n[nH]1. The highest BCUT2D eigenvalue weighted by molar-refractivity contribution is 5.64. The first-order valence-corrected chi connectivity index (χ1v) is 6.71. The zero-order valence-electron chi connectivity index (χ0n) is 11.0. The fourth-order valence-electron chi connectivity index (χ4n) is 2.43. The highest BCUT2D eigenvalue weighted by atomic mass is 19.1. The number of anilines is 1. The molecule has 0 saturated carbocycles. The van der Waals surface area contributed by atoms with Gasteiger partial charge >= 0.3 is 0 Å². The van der Waals surface area contributed by atoms with Crippen LogP contribution in [0.25, 0.3) is 11.3 Å². The van der Waals surface area contributed by atoms with Crippen molar-refractivity contribution in [1.29, 1.82) is 0 Å². The first-order chi connectivity index (χ1) is 9.75. The molecule has 1 aromatic heterocycles. The van der Waals surface area contributed by atoms with Crippen LogP contribution in [0.3, 0.4) is 0 Å². The minimum atomic E-state index is -0.585. The molecule has 0 unspecified atom stereocenters. The van der Waals surface area contributed by atoms with Crippen molar-refractivity contribution in [2.75, 3.05) is 31.1 Å². The molecule has 0 atom stereocenters. The van der Waals surface area contributed by atoms with Crippen molar-refractivity contribution in [2.24, 2.45) is 0 Å². The highest BCUT2D eigenvalue weighted by Crippen LogP contribution is 2.27. The van der Waals surface area contributed by atoms with Crippen molar-refractivity contribution in [2.45, 2.75) is 6.42 Å². The van der Waals surface area contributed by atoms with E-state index < -0.39 is 11.6 Å². The minimum Gasteiger partial charge on any atom is -0.354 e. The maximum absolute atomic E-state index is 13.7. The van der Waals surface area contributed by atoms with Crippen LogP contribution in [0.4, 0.5) is 14.6 Å². The van der Waals surface area contributed by atoms with Crippen LogP contribution in [0.1, 0.15) is 6.42 Å². The number of hydrogen-bond acceptors (Lipinski definition) is 3. The second-order valence-corrected chi connectivity index (χ2v) is 4.83. The Bertz CT molecular complexity index is 568. The summed E-state index contributed by atoms with van der Waals surface area (Å²) in [6.45, 7) is 3.59. The van der Waals surface area contributed by atoms with Gasteiger partial charge in [0.2, 0.25) is 0 Å². The Morgan fingerprint density at radius 1 is 1.10 bits per heavy atom. The molecule has 1 aromatic carbocycles. The Balaban J connectivity index is 1.90.